The van der Waals surface area contributed by atoms with Crippen LogP contribution in [0, 0.1) is 11.3 Å². The summed E-state index contributed by atoms with van der Waals surface area (Å²) in [4.78, 5) is 10.9. The predicted molar refractivity (Wildman–Crippen MR) is 50.7 cm³/mol. The molecule has 0 aliphatic heterocycles. The monoisotopic (exact) mass is 193 g/mol. The maximum atomic E-state index is 10.9. The largest absolute Gasteiger partial charge is 0.288 e. The van der Waals surface area contributed by atoms with Crippen molar-refractivity contribution in [3.05, 3.63) is 32.6 Å². The first kappa shape index (κ1) is 7.47. The molecule has 1 aromatic heterocycles. The Morgan fingerprint density at radius 1 is 1.25 bits per heavy atom. The molecular weight excluding hydrogens is 190 g/mol. The average Bonchev–Trinajstić information content (AvgIpc) is 2.43. The summed E-state index contributed by atoms with van der Waals surface area (Å²) in [6.07, 6.45) is 0. The lowest BCUT2D eigenvalue weighted by Crippen LogP contribution is -1.72. The molecule has 1 aromatic carbocycles. The fraction of sp³-hybridized carbons (Fsp3) is 0. The van der Waals surface area contributed by atoms with Gasteiger partial charge in [-0.15, -0.1) is 0 Å². The normalized spacial score (nSPS) is 9.92. The molecule has 12 heavy (non-hydrogen) atoms. The van der Waals surface area contributed by atoms with E-state index in [0.29, 0.717) is 5.56 Å². The molecule has 0 radical (unpaired) electrons. The van der Waals surface area contributed by atoms with Gasteiger partial charge in [0, 0.05) is 4.70 Å². The van der Waals surface area contributed by atoms with Crippen molar-refractivity contribution in [1.82, 2.24) is 0 Å². The summed E-state index contributed by atoms with van der Waals surface area (Å²) < 4.78 is 1.95. The fourth-order valence-electron chi connectivity index (χ4n) is 0.942. The highest BCUT2D eigenvalue weighted by atomic mass is 32.2. The van der Waals surface area contributed by atoms with Crippen LogP contribution in [0.15, 0.2) is 23.0 Å². The number of nitrogens with zero attached hydrogens (tertiary/aromatic N) is 1. The molecule has 0 amide bonds. The van der Waals surface area contributed by atoms with Crippen LogP contribution >= 0.6 is 22.7 Å². The summed E-state index contributed by atoms with van der Waals surface area (Å²) in [5.74, 6) is 0. The van der Waals surface area contributed by atoms with E-state index >= 15 is 0 Å². The van der Waals surface area contributed by atoms with Gasteiger partial charge >= 0.3 is 0 Å². The highest BCUT2D eigenvalue weighted by Crippen LogP contribution is 2.21. The van der Waals surface area contributed by atoms with Crippen molar-refractivity contribution in [2.45, 2.75) is 0 Å². The summed E-state index contributed by atoms with van der Waals surface area (Å²) in [5, 5.41) is 8.58. The first-order valence-electron chi connectivity index (χ1n) is 3.23. The quantitative estimate of drug-likeness (QED) is 0.643. The van der Waals surface area contributed by atoms with Crippen LogP contribution < -0.4 is 4.06 Å². The third-order valence-electron chi connectivity index (χ3n) is 1.46. The summed E-state index contributed by atoms with van der Waals surface area (Å²) in [7, 11) is 0. The van der Waals surface area contributed by atoms with Crippen molar-refractivity contribution < 1.29 is 0 Å². The molecular formula is C8H3NOS2. The molecule has 0 bridgehead atoms. The van der Waals surface area contributed by atoms with Crippen LogP contribution in [0.4, 0.5) is 0 Å². The molecule has 0 saturated carbocycles. The summed E-state index contributed by atoms with van der Waals surface area (Å²) in [5.41, 5.74) is 0.608. The Balaban J connectivity index is 2.85. The number of benzene rings is 1. The maximum Gasteiger partial charge on any atom is 0.288 e. The third-order valence-corrected chi connectivity index (χ3v) is 3.56. The second-order valence-electron chi connectivity index (χ2n) is 2.23. The van der Waals surface area contributed by atoms with Gasteiger partial charge < -0.3 is 0 Å². The number of hydrogen-bond acceptors (Lipinski definition) is 4. The Kier molecular flexibility index (Phi) is 1.68. The minimum absolute atomic E-state index is 0.0834. The van der Waals surface area contributed by atoms with Gasteiger partial charge in [-0.3, -0.25) is 4.79 Å². The molecule has 0 aliphatic rings. The Labute approximate surface area is 76.3 Å². The zero-order valence-corrected chi connectivity index (χ0v) is 7.54. The Morgan fingerprint density at radius 3 is 2.75 bits per heavy atom. The Bertz CT molecular complexity index is 518. The van der Waals surface area contributed by atoms with E-state index in [1.54, 1.807) is 12.1 Å². The summed E-state index contributed by atoms with van der Waals surface area (Å²) in [6, 6.07) is 7.33. The van der Waals surface area contributed by atoms with E-state index in [-0.39, 0.29) is 4.06 Å². The van der Waals surface area contributed by atoms with E-state index in [1.165, 1.54) is 22.7 Å². The Morgan fingerprint density at radius 2 is 2.00 bits per heavy atom. The molecule has 0 saturated heterocycles. The zero-order chi connectivity index (χ0) is 8.55. The molecule has 0 fully saturated rings. The molecule has 2 nitrogen and oxygen atoms in total. The fourth-order valence-corrected chi connectivity index (χ4v) is 2.91. The maximum absolute atomic E-state index is 10.9. The van der Waals surface area contributed by atoms with Crippen molar-refractivity contribution in [2.24, 2.45) is 0 Å². The van der Waals surface area contributed by atoms with Crippen LogP contribution in [-0.2, 0) is 0 Å². The van der Waals surface area contributed by atoms with Gasteiger partial charge in [0.05, 0.1) is 16.3 Å². The molecule has 4 heteroatoms. The van der Waals surface area contributed by atoms with Gasteiger partial charge in [-0.05, 0) is 18.2 Å². The lowest BCUT2D eigenvalue weighted by molar-refractivity contribution is 1.50. The van der Waals surface area contributed by atoms with Crippen molar-refractivity contribution in [2.75, 3.05) is 0 Å². The van der Waals surface area contributed by atoms with Crippen LogP contribution in [0.5, 0.6) is 0 Å². The van der Waals surface area contributed by atoms with Crippen LogP contribution in [0.25, 0.3) is 9.40 Å². The molecule has 0 N–H and O–H groups in total. The van der Waals surface area contributed by atoms with Gasteiger partial charge in [0.25, 0.3) is 4.06 Å². The van der Waals surface area contributed by atoms with E-state index in [2.05, 4.69) is 0 Å². The topological polar surface area (TPSA) is 40.9 Å². The molecule has 58 valence electrons. The molecule has 0 aliphatic carbocycles. The highest BCUT2D eigenvalue weighted by molar-refractivity contribution is 7.35. The molecule has 2 aromatic rings. The van der Waals surface area contributed by atoms with Gasteiger partial charge in [0.2, 0.25) is 0 Å². The van der Waals surface area contributed by atoms with Gasteiger partial charge in [-0.1, -0.05) is 22.7 Å². The van der Waals surface area contributed by atoms with Crippen LogP contribution in [-0.4, -0.2) is 0 Å². The van der Waals surface area contributed by atoms with E-state index in [9.17, 15) is 4.79 Å². The van der Waals surface area contributed by atoms with Gasteiger partial charge in [-0.2, -0.15) is 5.26 Å². The first-order valence-corrected chi connectivity index (χ1v) is 4.87. The molecule has 1 heterocycles. The van der Waals surface area contributed by atoms with Crippen LogP contribution in [0.1, 0.15) is 5.56 Å². The standard InChI is InChI=1S/C8H3NOS2/c9-4-5-1-2-6-7(3-5)12-8(10)11-6/h1-3H. The van der Waals surface area contributed by atoms with Crippen molar-refractivity contribution in [3.8, 4) is 6.07 Å². The molecule has 0 atom stereocenters. The highest BCUT2D eigenvalue weighted by Gasteiger charge is 1.99. The average molecular weight is 193 g/mol. The summed E-state index contributed by atoms with van der Waals surface area (Å²) >= 11 is 2.42. The number of nitriles is 1. The molecule has 2 rings (SSSR count). The molecule has 0 spiro atoms. The number of fused-ring (bicyclic) bond motifs is 1. The van der Waals surface area contributed by atoms with Crippen LogP contribution in [0.3, 0.4) is 0 Å². The predicted octanol–water partition coefficient (Wildman–Crippen LogP) is 2.19. The van der Waals surface area contributed by atoms with Gasteiger partial charge in [0.1, 0.15) is 0 Å². The lowest BCUT2D eigenvalue weighted by Gasteiger charge is -1.86. The van der Waals surface area contributed by atoms with E-state index in [1.807, 2.05) is 12.1 Å². The lowest BCUT2D eigenvalue weighted by atomic mass is 10.2. The van der Waals surface area contributed by atoms with Crippen LogP contribution in [0.2, 0.25) is 0 Å². The van der Waals surface area contributed by atoms with Crippen molar-refractivity contribution in [3.63, 3.8) is 0 Å². The second-order valence-corrected chi connectivity index (χ2v) is 4.52. The smallest absolute Gasteiger partial charge is 0.265 e. The van der Waals surface area contributed by atoms with E-state index in [4.69, 9.17) is 5.26 Å². The number of rotatable bonds is 0. The number of hydrogen-bond donors (Lipinski definition) is 0. The van der Waals surface area contributed by atoms with Gasteiger partial charge in [-0.25, -0.2) is 0 Å². The molecule has 0 unspecified atom stereocenters. The summed E-state index contributed by atoms with van der Waals surface area (Å²) in [6.45, 7) is 0. The van der Waals surface area contributed by atoms with Crippen molar-refractivity contribution >= 4 is 32.1 Å². The Hall–Kier alpha value is -1.18. The van der Waals surface area contributed by atoms with E-state index in [0.717, 1.165) is 9.40 Å². The third kappa shape index (κ3) is 1.13. The SMILES string of the molecule is N#Cc1ccc2sc(=O)sc2c1. The van der Waals surface area contributed by atoms with Crippen molar-refractivity contribution in [1.29, 1.82) is 5.26 Å². The minimum atomic E-state index is 0.0834. The van der Waals surface area contributed by atoms with E-state index < -0.39 is 0 Å². The zero-order valence-electron chi connectivity index (χ0n) is 5.90. The second kappa shape index (κ2) is 2.70. The first-order chi connectivity index (χ1) is 5.79. The van der Waals surface area contributed by atoms with Gasteiger partial charge in [0.15, 0.2) is 0 Å². The minimum Gasteiger partial charge on any atom is -0.265 e.